The third-order valence-electron chi connectivity index (χ3n) is 3.51. The van der Waals surface area contributed by atoms with E-state index in [2.05, 4.69) is 5.32 Å². The summed E-state index contributed by atoms with van der Waals surface area (Å²) in [5, 5.41) is 11.8. The predicted molar refractivity (Wildman–Crippen MR) is 72.9 cm³/mol. The topological polar surface area (TPSA) is 82.8 Å². The Kier molecular flexibility index (Phi) is 4.67. The van der Waals surface area contributed by atoms with Gasteiger partial charge in [-0.05, 0) is 43.1 Å². The van der Waals surface area contributed by atoms with Crippen molar-refractivity contribution in [2.24, 2.45) is 0 Å². The van der Waals surface area contributed by atoms with Crippen molar-refractivity contribution in [3.8, 4) is 0 Å². The van der Waals surface area contributed by atoms with Crippen LogP contribution in [0.15, 0.2) is 16.5 Å². The van der Waals surface area contributed by atoms with Gasteiger partial charge in [0.2, 0.25) is 0 Å². The molecule has 2 rings (SSSR count). The zero-order chi connectivity index (χ0) is 14.7. The third kappa shape index (κ3) is 3.52. The predicted octanol–water partition coefficient (Wildman–Crippen LogP) is 1.60. The molecular weight excluding hydrogens is 284 g/mol. The van der Waals surface area contributed by atoms with Crippen molar-refractivity contribution < 1.29 is 19.1 Å². The molecule has 1 aliphatic carbocycles. The van der Waals surface area contributed by atoms with Crippen molar-refractivity contribution in [3.63, 3.8) is 0 Å². The highest BCUT2D eigenvalue weighted by atomic mass is 35.5. The average Bonchev–Trinajstić information content (AvgIpc) is 2.77. The van der Waals surface area contributed by atoms with Crippen LogP contribution in [0.4, 0.5) is 0 Å². The molecule has 0 bridgehead atoms. The summed E-state index contributed by atoms with van der Waals surface area (Å²) < 4.78 is 5.03. The van der Waals surface area contributed by atoms with E-state index in [0.29, 0.717) is 6.54 Å². The average molecular weight is 301 g/mol. The number of hydrogen-bond donors (Lipinski definition) is 2. The van der Waals surface area contributed by atoms with Crippen LogP contribution in [0.1, 0.15) is 30.3 Å². The van der Waals surface area contributed by atoms with Gasteiger partial charge in [-0.15, -0.1) is 0 Å². The Bertz CT molecular complexity index is 496. The van der Waals surface area contributed by atoms with Gasteiger partial charge in [-0.25, -0.2) is 0 Å². The summed E-state index contributed by atoms with van der Waals surface area (Å²) in [7, 11) is 0. The van der Waals surface area contributed by atoms with Crippen LogP contribution in [0.5, 0.6) is 0 Å². The maximum Gasteiger partial charge on any atom is 0.317 e. The Labute approximate surface area is 121 Å². The number of carbonyl (C=O) groups is 2. The minimum Gasteiger partial charge on any atom is -0.480 e. The van der Waals surface area contributed by atoms with E-state index >= 15 is 0 Å². The standard InChI is InChI=1S/C13H17ClN2O4/c1-2-16(7-12(17)18)9-5-8(6-9)15-13(19)10-3-4-11(14)20-10/h3-4,8-9H,2,5-7H2,1H3,(H,15,19)(H,17,18). The first-order valence-electron chi connectivity index (χ1n) is 6.51. The van der Waals surface area contributed by atoms with Crippen LogP contribution >= 0.6 is 11.6 Å². The number of carbonyl (C=O) groups excluding carboxylic acids is 1. The van der Waals surface area contributed by atoms with Gasteiger partial charge in [0.1, 0.15) is 0 Å². The lowest BCUT2D eigenvalue weighted by Gasteiger charge is -2.42. The second-order valence-electron chi connectivity index (χ2n) is 4.86. The molecule has 0 saturated heterocycles. The maximum atomic E-state index is 11.8. The van der Waals surface area contributed by atoms with E-state index in [-0.39, 0.29) is 35.5 Å². The second kappa shape index (κ2) is 6.28. The first kappa shape index (κ1) is 14.9. The fraction of sp³-hybridized carbons (Fsp3) is 0.538. The molecule has 1 aliphatic rings. The summed E-state index contributed by atoms with van der Waals surface area (Å²) in [6, 6.07) is 3.31. The molecule has 110 valence electrons. The normalized spacial score (nSPS) is 21.6. The van der Waals surface area contributed by atoms with E-state index in [1.165, 1.54) is 12.1 Å². The van der Waals surface area contributed by atoms with Crippen LogP contribution < -0.4 is 5.32 Å². The first-order valence-corrected chi connectivity index (χ1v) is 6.89. The number of carboxylic acid groups (broad SMARTS) is 1. The minimum absolute atomic E-state index is 0.0373. The number of amides is 1. The molecule has 0 aromatic carbocycles. The van der Waals surface area contributed by atoms with Gasteiger partial charge < -0.3 is 14.8 Å². The van der Waals surface area contributed by atoms with Crippen molar-refractivity contribution in [2.75, 3.05) is 13.1 Å². The fourth-order valence-electron chi connectivity index (χ4n) is 2.37. The first-order chi connectivity index (χ1) is 9.49. The van der Waals surface area contributed by atoms with Crippen LogP contribution in [-0.2, 0) is 4.79 Å². The van der Waals surface area contributed by atoms with E-state index in [9.17, 15) is 9.59 Å². The van der Waals surface area contributed by atoms with E-state index in [1.807, 2.05) is 11.8 Å². The molecular formula is C13H17ClN2O4. The molecule has 0 radical (unpaired) electrons. The van der Waals surface area contributed by atoms with Gasteiger partial charge in [-0.1, -0.05) is 6.92 Å². The Morgan fingerprint density at radius 3 is 2.70 bits per heavy atom. The summed E-state index contributed by atoms with van der Waals surface area (Å²) in [5.41, 5.74) is 0. The van der Waals surface area contributed by atoms with E-state index in [0.717, 1.165) is 12.8 Å². The van der Waals surface area contributed by atoms with E-state index in [1.54, 1.807) is 0 Å². The number of halogens is 1. The summed E-state index contributed by atoms with van der Waals surface area (Å²) in [4.78, 5) is 24.4. The van der Waals surface area contributed by atoms with Crippen LogP contribution in [0.2, 0.25) is 5.22 Å². The second-order valence-corrected chi connectivity index (χ2v) is 5.23. The third-order valence-corrected chi connectivity index (χ3v) is 3.71. The Morgan fingerprint density at radius 1 is 1.50 bits per heavy atom. The van der Waals surface area contributed by atoms with Crippen molar-refractivity contribution in [1.82, 2.24) is 10.2 Å². The molecule has 1 heterocycles. The zero-order valence-corrected chi connectivity index (χ0v) is 11.9. The van der Waals surface area contributed by atoms with Gasteiger partial charge in [0.25, 0.3) is 5.91 Å². The summed E-state index contributed by atoms with van der Waals surface area (Å²) in [5.74, 6) is -0.928. The highest BCUT2D eigenvalue weighted by molar-refractivity contribution is 6.29. The van der Waals surface area contributed by atoms with Gasteiger partial charge >= 0.3 is 5.97 Å². The van der Waals surface area contributed by atoms with Crippen molar-refractivity contribution in [1.29, 1.82) is 0 Å². The fourth-order valence-corrected chi connectivity index (χ4v) is 2.52. The molecule has 0 spiro atoms. The minimum atomic E-state index is -0.829. The van der Waals surface area contributed by atoms with E-state index < -0.39 is 5.97 Å². The lowest BCUT2D eigenvalue weighted by molar-refractivity contribution is -0.139. The maximum absolute atomic E-state index is 11.8. The molecule has 0 unspecified atom stereocenters. The van der Waals surface area contributed by atoms with Crippen molar-refractivity contribution in [2.45, 2.75) is 31.8 Å². The lowest BCUT2D eigenvalue weighted by Crippen LogP contribution is -2.54. The van der Waals surface area contributed by atoms with Crippen LogP contribution in [0.3, 0.4) is 0 Å². The van der Waals surface area contributed by atoms with Gasteiger partial charge in [-0.3, -0.25) is 14.5 Å². The van der Waals surface area contributed by atoms with Crippen molar-refractivity contribution in [3.05, 3.63) is 23.1 Å². The number of likely N-dealkylation sites (N-methyl/N-ethyl adjacent to an activating group) is 1. The number of nitrogens with one attached hydrogen (secondary N) is 1. The summed E-state index contributed by atoms with van der Waals surface area (Å²) >= 11 is 5.61. The Hall–Kier alpha value is -1.53. The molecule has 1 aromatic rings. The van der Waals surface area contributed by atoms with Gasteiger partial charge in [0.15, 0.2) is 11.0 Å². The number of furan rings is 1. The Morgan fingerprint density at radius 2 is 2.20 bits per heavy atom. The highest BCUT2D eigenvalue weighted by Crippen LogP contribution is 2.26. The quantitative estimate of drug-likeness (QED) is 0.834. The molecule has 2 N–H and O–H groups in total. The SMILES string of the molecule is CCN(CC(=O)O)C1CC(NC(=O)c2ccc(Cl)o2)C1. The molecule has 1 aromatic heterocycles. The molecule has 1 saturated carbocycles. The lowest BCUT2D eigenvalue weighted by atomic mass is 9.85. The molecule has 7 heteroatoms. The monoisotopic (exact) mass is 300 g/mol. The van der Waals surface area contributed by atoms with Crippen molar-refractivity contribution >= 4 is 23.5 Å². The number of hydrogen-bond acceptors (Lipinski definition) is 4. The summed E-state index contributed by atoms with van der Waals surface area (Å²) in [6.45, 7) is 2.65. The van der Waals surface area contributed by atoms with E-state index in [4.69, 9.17) is 21.1 Å². The van der Waals surface area contributed by atoms with Crippen LogP contribution in [0.25, 0.3) is 0 Å². The van der Waals surface area contributed by atoms with Crippen LogP contribution in [0, 0.1) is 0 Å². The smallest absolute Gasteiger partial charge is 0.317 e. The Balaban J connectivity index is 1.78. The molecule has 1 fully saturated rings. The molecule has 0 aliphatic heterocycles. The number of nitrogens with zero attached hydrogens (tertiary/aromatic N) is 1. The molecule has 0 atom stereocenters. The van der Waals surface area contributed by atoms with Gasteiger partial charge in [0, 0.05) is 12.1 Å². The number of rotatable bonds is 6. The molecule has 1 amide bonds. The number of aliphatic carboxylic acids is 1. The largest absolute Gasteiger partial charge is 0.480 e. The molecule has 6 nitrogen and oxygen atoms in total. The van der Waals surface area contributed by atoms with Gasteiger partial charge in [-0.2, -0.15) is 0 Å². The number of carboxylic acids is 1. The van der Waals surface area contributed by atoms with Crippen LogP contribution in [-0.4, -0.2) is 47.1 Å². The van der Waals surface area contributed by atoms with Gasteiger partial charge in [0.05, 0.1) is 6.54 Å². The molecule has 20 heavy (non-hydrogen) atoms. The zero-order valence-electron chi connectivity index (χ0n) is 11.1. The highest BCUT2D eigenvalue weighted by Gasteiger charge is 2.35. The summed E-state index contributed by atoms with van der Waals surface area (Å²) in [6.07, 6.45) is 1.50.